The van der Waals surface area contributed by atoms with E-state index in [9.17, 15) is 4.79 Å². The Hall–Kier alpha value is -0.480. The van der Waals surface area contributed by atoms with Gasteiger partial charge in [-0.05, 0) is 27.8 Å². The first kappa shape index (κ1) is 14.5. The highest BCUT2D eigenvalue weighted by molar-refractivity contribution is 6.18. The van der Waals surface area contributed by atoms with Crippen molar-refractivity contribution < 1.29 is 9.53 Å². The molecule has 0 spiro atoms. The Morgan fingerprint density at radius 3 is 2.47 bits per heavy atom. The highest BCUT2D eigenvalue weighted by atomic mass is 35.5. The normalized spacial score (nSPS) is 11.6. The van der Waals surface area contributed by atoms with Crippen molar-refractivity contribution in [3.63, 3.8) is 0 Å². The van der Waals surface area contributed by atoms with Crippen LogP contribution in [0.4, 0.5) is 4.79 Å². The number of rotatable bonds is 5. The third-order valence-corrected chi connectivity index (χ3v) is 1.80. The van der Waals surface area contributed by atoms with Gasteiger partial charge >= 0.3 is 6.09 Å². The van der Waals surface area contributed by atoms with E-state index in [2.05, 4.69) is 5.32 Å². The van der Waals surface area contributed by atoms with Crippen LogP contribution in [0.25, 0.3) is 0 Å². The number of halogens is 1. The second-order valence-corrected chi connectivity index (χ2v) is 4.80. The molecule has 0 aliphatic heterocycles. The largest absolute Gasteiger partial charge is 0.444 e. The minimum Gasteiger partial charge on any atom is -0.444 e. The molecule has 1 amide bonds. The first-order valence-electron chi connectivity index (χ1n) is 5.06. The summed E-state index contributed by atoms with van der Waals surface area (Å²) in [6.07, 6.45) is -0.373. The van der Waals surface area contributed by atoms with E-state index in [1.54, 1.807) is 0 Å². The lowest BCUT2D eigenvalue weighted by atomic mass is 10.2. The minimum atomic E-state index is -0.438. The number of likely N-dealkylation sites (N-methyl/N-ethyl adjacent to an activating group) is 1. The fourth-order valence-corrected chi connectivity index (χ4v) is 1.21. The zero-order chi connectivity index (χ0) is 11.9. The number of amides is 1. The number of ether oxygens (including phenoxy) is 1. The van der Waals surface area contributed by atoms with E-state index in [1.807, 2.05) is 32.7 Å². The third kappa shape index (κ3) is 9.82. The van der Waals surface area contributed by atoms with E-state index in [0.29, 0.717) is 12.4 Å². The van der Waals surface area contributed by atoms with Crippen LogP contribution >= 0.6 is 11.6 Å². The van der Waals surface area contributed by atoms with Gasteiger partial charge in [0.25, 0.3) is 0 Å². The molecule has 0 aromatic rings. The first-order chi connectivity index (χ1) is 6.85. The van der Waals surface area contributed by atoms with Crippen LogP contribution in [0.2, 0.25) is 0 Å². The summed E-state index contributed by atoms with van der Waals surface area (Å²) in [5.41, 5.74) is -0.438. The molecule has 0 saturated heterocycles. The molecular weight excluding hydrogens is 216 g/mol. The minimum absolute atomic E-state index is 0.373. The van der Waals surface area contributed by atoms with E-state index < -0.39 is 5.60 Å². The van der Waals surface area contributed by atoms with Crippen LogP contribution in [-0.2, 0) is 4.74 Å². The van der Waals surface area contributed by atoms with Gasteiger partial charge in [0.1, 0.15) is 5.60 Å². The third-order valence-electron chi connectivity index (χ3n) is 1.63. The molecule has 0 rings (SSSR count). The molecule has 90 valence electrons. The van der Waals surface area contributed by atoms with Crippen molar-refractivity contribution in [3.05, 3.63) is 0 Å². The molecule has 1 N–H and O–H groups in total. The number of nitrogens with one attached hydrogen (secondary N) is 1. The first-order valence-corrected chi connectivity index (χ1v) is 5.60. The molecule has 0 heterocycles. The van der Waals surface area contributed by atoms with Crippen molar-refractivity contribution >= 4 is 17.7 Å². The molecule has 15 heavy (non-hydrogen) atoms. The van der Waals surface area contributed by atoms with Gasteiger partial charge in [0.15, 0.2) is 0 Å². The number of hydrogen-bond donors (Lipinski definition) is 1. The van der Waals surface area contributed by atoms with Crippen LogP contribution in [-0.4, -0.2) is 49.2 Å². The molecule has 5 heteroatoms. The van der Waals surface area contributed by atoms with E-state index in [0.717, 1.165) is 13.1 Å². The Morgan fingerprint density at radius 2 is 2.00 bits per heavy atom. The molecule has 0 aliphatic rings. The second-order valence-electron chi connectivity index (χ2n) is 4.42. The lowest BCUT2D eigenvalue weighted by molar-refractivity contribution is 0.0524. The number of hydrogen-bond acceptors (Lipinski definition) is 3. The number of alkyl carbamates (subject to hydrolysis) is 1. The summed E-state index contributed by atoms with van der Waals surface area (Å²) >= 11 is 5.57. The van der Waals surface area contributed by atoms with E-state index in [4.69, 9.17) is 16.3 Å². The van der Waals surface area contributed by atoms with E-state index >= 15 is 0 Å². The molecule has 0 saturated carbocycles. The summed E-state index contributed by atoms with van der Waals surface area (Å²) in [5, 5.41) is 2.68. The fourth-order valence-electron chi connectivity index (χ4n) is 0.919. The van der Waals surface area contributed by atoms with Gasteiger partial charge in [-0.2, -0.15) is 0 Å². The highest BCUT2D eigenvalue weighted by Crippen LogP contribution is 2.05. The highest BCUT2D eigenvalue weighted by Gasteiger charge is 2.15. The second kappa shape index (κ2) is 6.90. The predicted octanol–water partition coefficient (Wildman–Crippen LogP) is 1.68. The molecule has 0 unspecified atom stereocenters. The van der Waals surface area contributed by atoms with Crippen LogP contribution in [0.5, 0.6) is 0 Å². The SMILES string of the molecule is CN(CCCl)CCNC(=O)OC(C)(C)C. The predicted molar refractivity (Wildman–Crippen MR) is 62.5 cm³/mol. The topological polar surface area (TPSA) is 41.6 Å². The summed E-state index contributed by atoms with van der Waals surface area (Å²) in [7, 11) is 1.96. The lowest BCUT2D eigenvalue weighted by Gasteiger charge is -2.20. The van der Waals surface area contributed by atoms with Gasteiger partial charge in [-0.25, -0.2) is 4.79 Å². The summed E-state index contributed by atoms with van der Waals surface area (Å²) in [6, 6.07) is 0. The maximum absolute atomic E-state index is 11.2. The monoisotopic (exact) mass is 236 g/mol. The molecule has 0 aromatic heterocycles. The zero-order valence-electron chi connectivity index (χ0n) is 9.97. The van der Waals surface area contributed by atoms with E-state index in [1.165, 1.54) is 0 Å². The van der Waals surface area contributed by atoms with Gasteiger partial charge in [-0.15, -0.1) is 11.6 Å². The van der Waals surface area contributed by atoms with Crippen molar-refractivity contribution in [1.82, 2.24) is 10.2 Å². The molecule has 0 fully saturated rings. The van der Waals surface area contributed by atoms with Crippen LogP contribution in [0, 0.1) is 0 Å². The van der Waals surface area contributed by atoms with Crippen LogP contribution in [0.1, 0.15) is 20.8 Å². The molecule has 0 atom stereocenters. The van der Waals surface area contributed by atoms with Gasteiger partial charge in [0.05, 0.1) is 0 Å². The van der Waals surface area contributed by atoms with Gasteiger partial charge in [0, 0.05) is 25.5 Å². The van der Waals surface area contributed by atoms with Crippen LogP contribution in [0.15, 0.2) is 0 Å². The molecule has 0 aliphatic carbocycles. The van der Waals surface area contributed by atoms with Gasteiger partial charge in [-0.3, -0.25) is 0 Å². The summed E-state index contributed by atoms with van der Waals surface area (Å²) in [5.74, 6) is 0.600. The lowest BCUT2D eigenvalue weighted by Crippen LogP contribution is -2.37. The molecular formula is C10H21ClN2O2. The smallest absolute Gasteiger partial charge is 0.407 e. The van der Waals surface area contributed by atoms with Crippen molar-refractivity contribution in [2.75, 3.05) is 32.6 Å². The number of alkyl halides is 1. The average Bonchev–Trinajstić information content (AvgIpc) is 2.00. The Balaban J connectivity index is 3.55. The number of nitrogens with zero attached hydrogens (tertiary/aromatic N) is 1. The Morgan fingerprint density at radius 1 is 1.40 bits per heavy atom. The van der Waals surface area contributed by atoms with Crippen molar-refractivity contribution in [2.24, 2.45) is 0 Å². The van der Waals surface area contributed by atoms with Gasteiger partial charge in [-0.1, -0.05) is 0 Å². The zero-order valence-corrected chi connectivity index (χ0v) is 10.7. The fraction of sp³-hybridized carbons (Fsp3) is 0.900. The van der Waals surface area contributed by atoms with E-state index in [-0.39, 0.29) is 6.09 Å². The molecule has 0 bridgehead atoms. The van der Waals surface area contributed by atoms with Crippen LogP contribution in [0.3, 0.4) is 0 Å². The maximum atomic E-state index is 11.2. The van der Waals surface area contributed by atoms with Crippen molar-refractivity contribution in [2.45, 2.75) is 26.4 Å². The van der Waals surface area contributed by atoms with Gasteiger partial charge < -0.3 is 15.0 Å². The molecule has 0 aromatic carbocycles. The summed E-state index contributed by atoms with van der Waals surface area (Å²) in [6.45, 7) is 7.68. The Bertz CT molecular complexity index is 192. The number of carbonyl (C=O) groups excluding carboxylic acids is 1. The van der Waals surface area contributed by atoms with Gasteiger partial charge in [0.2, 0.25) is 0 Å². The number of carbonyl (C=O) groups is 1. The average molecular weight is 237 g/mol. The summed E-state index contributed by atoms with van der Waals surface area (Å²) in [4.78, 5) is 13.3. The molecule has 0 radical (unpaired) electrons. The standard InChI is InChI=1S/C10H21ClN2O2/c1-10(2,3)15-9(14)12-6-8-13(4)7-5-11/h5-8H2,1-4H3,(H,12,14). The maximum Gasteiger partial charge on any atom is 0.407 e. The van der Waals surface area contributed by atoms with Crippen molar-refractivity contribution in [3.8, 4) is 0 Å². The Labute approximate surface area is 96.9 Å². The summed E-state index contributed by atoms with van der Waals surface area (Å²) < 4.78 is 5.08. The quantitative estimate of drug-likeness (QED) is 0.739. The molecule has 4 nitrogen and oxygen atoms in total. The van der Waals surface area contributed by atoms with Crippen molar-refractivity contribution in [1.29, 1.82) is 0 Å². The Kier molecular flexibility index (Phi) is 6.68. The van der Waals surface area contributed by atoms with Crippen LogP contribution < -0.4 is 5.32 Å².